The second kappa shape index (κ2) is 19.5. The molecule has 0 amide bonds. The highest BCUT2D eigenvalue weighted by Crippen LogP contribution is 2.42. The summed E-state index contributed by atoms with van der Waals surface area (Å²) in [5.74, 6) is 0.801. The summed E-state index contributed by atoms with van der Waals surface area (Å²) in [7, 11) is 0. The van der Waals surface area contributed by atoms with Gasteiger partial charge in [0, 0.05) is 41.8 Å². The lowest BCUT2D eigenvalue weighted by atomic mass is 10.3. The van der Waals surface area contributed by atoms with Crippen LogP contribution in [0, 0.1) is 0 Å². The topological polar surface area (TPSA) is 438 Å². The average molecular weight is 1200 g/mol. The third-order valence-electron chi connectivity index (χ3n) is 14.5. The number of imidazole rings is 1. The zero-order valence-corrected chi connectivity index (χ0v) is 45.3. The minimum atomic E-state index is -0.0377. The third-order valence-corrected chi connectivity index (χ3v) is 14.5. The van der Waals surface area contributed by atoms with Gasteiger partial charge in [-0.3, -0.25) is 44.8 Å². The van der Waals surface area contributed by atoms with Gasteiger partial charge in [-0.15, -0.1) is 56.2 Å². The Bertz CT molecular complexity index is 5360. The van der Waals surface area contributed by atoms with Gasteiger partial charge in [-0.25, -0.2) is 45.3 Å². The lowest BCUT2D eigenvalue weighted by Gasteiger charge is -2.52. The lowest BCUT2D eigenvalue weighted by molar-refractivity contribution is 0.559. The van der Waals surface area contributed by atoms with Gasteiger partial charge in [0.05, 0.1) is 106 Å². The number of hydrogen-bond acceptors (Lipinski definition) is 31. The Balaban J connectivity index is 1.04. The van der Waals surface area contributed by atoms with E-state index in [2.05, 4.69) is 97.4 Å². The van der Waals surface area contributed by atoms with E-state index in [0.717, 1.165) is 0 Å². The van der Waals surface area contributed by atoms with Crippen LogP contribution >= 0.6 is 0 Å². The summed E-state index contributed by atoms with van der Waals surface area (Å²) < 4.78 is 5.32. The summed E-state index contributed by atoms with van der Waals surface area (Å²) in [6, 6.07) is 12.8. The molecule has 18 heterocycles. The average Bonchev–Trinajstić information content (AvgIpc) is 0.924. The van der Waals surface area contributed by atoms with Crippen molar-refractivity contribution in [1.82, 2.24) is 155 Å². The molecule has 0 radical (unpaired) electrons. The van der Waals surface area contributed by atoms with Gasteiger partial charge >= 0.3 is 0 Å². The first kappa shape index (κ1) is 49.0. The van der Waals surface area contributed by atoms with Gasteiger partial charge in [0.15, 0.2) is 28.9 Å². The highest BCUT2D eigenvalue weighted by atomic mass is 16.2. The number of rotatable bonds is 17. The Labute approximate surface area is 495 Å². The standard InChI is InChI=1S/C50H34N40/c1-3-29-17-62-78-49(82(29)12-1)80-84(43-31-18-63-69-34(31)7-10-52-43)87(46-38-27(5-8-53-46)13-59-71-38)89(47-40-36(22-66-73-40)55-23-58-47)88(44-33-20-65-74-41(33)56-24-57-44)90(48-39-28(14-60-72-39)15-61-77-48)86(45-32-19-64-70-35(32)21-67-76-45)85(50-54-9-6-30-16-51-25-83(30)50)79-42-37-4-2-11-81(37)26-68-75-42/h1-26H,(H,59,71)(H,60,72)(H,63,69)(H,64,70)(H,66,73)(H,75,79)(H,78,80)(H,56,57,65,74). The Morgan fingerprint density at radius 2 is 1.11 bits per heavy atom. The van der Waals surface area contributed by atoms with Gasteiger partial charge in [0.2, 0.25) is 23.4 Å². The van der Waals surface area contributed by atoms with E-state index in [0.29, 0.717) is 65.5 Å². The van der Waals surface area contributed by atoms with Crippen LogP contribution in [0.4, 0.5) is 52.6 Å². The predicted octanol–water partition coefficient (Wildman–Crippen LogP) is 3.41. The van der Waals surface area contributed by atoms with E-state index in [4.69, 9.17) is 55.3 Å². The molecule has 0 aliphatic rings. The zero-order chi connectivity index (χ0) is 59.2. The summed E-state index contributed by atoms with van der Waals surface area (Å²) >= 11 is 0. The molecule has 0 aliphatic carbocycles. The summed E-state index contributed by atoms with van der Waals surface area (Å²) in [5, 5.41) is 97.2. The van der Waals surface area contributed by atoms with Crippen molar-refractivity contribution in [2.75, 3.05) is 46.7 Å². The van der Waals surface area contributed by atoms with E-state index >= 15 is 0 Å². The first-order valence-electron chi connectivity index (χ1n) is 26.8. The SMILES string of the molecule is c1cc2c(NN(c3nccc4cncn34)N(c3nncc4[nH]ncc34)N(c3nncc4cn[nH]c34)N(c3ncnc4[nH]ncc34)N(c3ncnc4cn[nH]c34)N(c3nccc4cn[nH]c34)N(Nc3nncc4cccn34)c3nccc4[nH]ncc34)nncn2c1. The molecule has 434 valence electrons. The minimum absolute atomic E-state index is 0.0152. The van der Waals surface area contributed by atoms with Gasteiger partial charge in [0.1, 0.15) is 47.4 Å². The summed E-state index contributed by atoms with van der Waals surface area (Å²) in [4.78, 5) is 40.0. The highest BCUT2D eigenvalue weighted by molar-refractivity contribution is 6.00. The van der Waals surface area contributed by atoms with Gasteiger partial charge in [-0.05, 0) is 42.5 Å². The molecule has 0 aromatic carbocycles. The monoisotopic (exact) mass is 1190 g/mol. The Morgan fingerprint density at radius 1 is 0.411 bits per heavy atom. The molecule has 0 aliphatic heterocycles. The highest BCUT2D eigenvalue weighted by Gasteiger charge is 2.47. The van der Waals surface area contributed by atoms with Crippen LogP contribution in [0.2, 0.25) is 0 Å². The summed E-state index contributed by atoms with van der Waals surface area (Å²) in [6.45, 7) is 0. The fourth-order valence-corrected chi connectivity index (χ4v) is 10.5. The Kier molecular flexibility index (Phi) is 10.6. The van der Waals surface area contributed by atoms with Crippen molar-refractivity contribution in [3.05, 3.63) is 161 Å². The van der Waals surface area contributed by atoms with Crippen LogP contribution in [0.25, 0.3) is 82.2 Å². The molecule has 90 heavy (non-hydrogen) atoms. The first-order chi connectivity index (χ1) is 44.7. The molecular formula is C50H34N40. The van der Waals surface area contributed by atoms with E-state index in [1.54, 1.807) is 149 Å². The quantitative estimate of drug-likeness (QED) is 0.0605. The summed E-state index contributed by atoms with van der Waals surface area (Å²) in [5.41, 5.74) is 11.6. The van der Waals surface area contributed by atoms with Crippen LogP contribution in [0.5, 0.6) is 0 Å². The van der Waals surface area contributed by atoms with Crippen LogP contribution < -0.4 is 46.7 Å². The van der Waals surface area contributed by atoms with Crippen molar-refractivity contribution < 1.29 is 0 Å². The molecule has 18 aromatic rings. The third kappa shape index (κ3) is 7.60. The van der Waals surface area contributed by atoms with Crippen LogP contribution in [-0.4, -0.2) is 155 Å². The molecule has 0 fully saturated rings. The number of aromatic amines is 6. The van der Waals surface area contributed by atoms with Crippen LogP contribution in [0.3, 0.4) is 0 Å². The number of hydrazine groups is 8. The molecule has 18 aromatic heterocycles. The largest absolute Gasteiger partial charge is 0.303 e. The second-order valence-electron chi connectivity index (χ2n) is 19.5. The Hall–Kier alpha value is -14.5. The van der Waals surface area contributed by atoms with E-state index in [1.807, 2.05) is 36.7 Å². The van der Waals surface area contributed by atoms with Crippen molar-refractivity contribution in [2.24, 2.45) is 0 Å². The Morgan fingerprint density at radius 3 is 2.07 bits per heavy atom. The van der Waals surface area contributed by atoms with E-state index in [-0.39, 0.29) is 69.3 Å². The summed E-state index contributed by atoms with van der Waals surface area (Å²) in [6.07, 6.45) is 30.4. The molecule has 40 nitrogen and oxygen atoms in total. The van der Waals surface area contributed by atoms with Gasteiger partial charge in [0.25, 0.3) is 5.95 Å². The minimum Gasteiger partial charge on any atom is -0.303 e. The maximum atomic E-state index is 5.25. The smallest absolute Gasteiger partial charge is 0.252 e. The molecule has 18 rings (SSSR count). The molecule has 0 bridgehead atoms. The van der Waals surface area contributed by atoms with Crippen LogP contribution in [-0.2, 0) is 0 Å². The molecule has 0 unspecified atom stereocenters. The molecule has 8 N–H and O–H groups in total. The molecule has 0 atom stereocenters. The molecule has 0 spiro atoms. The van der Waals surface area contributed by atoms with E-state index in [9.17, 15) is 0 Å². The number of nitrogens with zero attached hydrogens (tertiary/aromatic N) is 32. The number of H-pyrrole nitrogens is 6. The zero-order valence-electron chi connectivity index (χ0n) is 45.3. The number of hydrogen-bond donors (Lipinski definition) is 8. The maximum absolute atomic E-state index is 5.25. The van der Waals surface area contributed by atoms with Gasteiger partial charge in [-0.1, -0.05) is 0 Å². The fraction of sp³-hybridized carbons (Fsp3) is 0. The van der Waals surface area contributed by atoms with Gasteiger partial charge in [-0.2, -0.15) is 51.0 Å². The number of nitrogens with one attached hydrogen (secondary N) is 8. The van der Waals surface area contributed by atoms with Gasteiger partial charge < -0.3 is 4.40 Å². The normalized spacial score (nSPS) is 11.8. The maximum Gasteiger partial charge on any atom is 0.252 e. The van der Waals surface area contributed by atoms with Crippen molar-refractivity contribution >= 4 is 135 Å². The van der Waals surface area contributed by atoms with Crippen molar-refractivity contribution in [1.29, 1.82) is 0 Å². The van der Waals surface area contributed by atoms with Crippen molar-refractivity contribution in [3.63, 3.8) is 0 Å². The lowest BCUT2D eigenvalue weighted by Crippen LogP contribution is -2.73. The van der Waals surface area contributed by atoms with E-state index < -0.39 is 0 Å². The van der Waals surface area contributed by atoms with Crippen molar-refractivity contribution in [2.45, 2.75) is 0 Å². The van der Waals surface area contributed by atoms with Crippen LogP contribution in [0.15, 0.2) is 161 Å². The first-order valence-corrected chi connectivity index (χ1v) is 26.8. The number of fused-ring (bicyclic) bond motifs is 9. The molecule has 40 heteroatoms. The molecular weight excluding hydrogens is 1160 g/mol. The molecule has 0 saturated heterocycles. The van der Waals surface area contributed by atoms with Crippen LogP contribution in [0.1, 0.15) is 0 Å². The number of pyridine rings is 2. The van der Waals surface area contributed by atoms with E-state index in [1.165, 1.54) is 24.0 Å². The molecule has 0 saturated carbocycles. The van der Waals surface area contributed by atoms with Crippen molar-refractivity contribution in [3.8, 4) is 0 Å². The second-order valence-corrected chi connectivity index (χ2v) is 19.5. The number of anilines is 9. The number of aromatic nitrogens is 31. The fourth-order valence-electron chi connectivity index (χ4n) is 10.5. The predicted molar refractivity (Wildman–Crippen MR) is 318 cm³/mol.